The van der Waals surface area contributed by atoms with Crippen LogP contribution in [-0.4, -0.2) is 28.1 Å². The first kappa shape index (κ1) is 27.9. The fourth-order valence-electron chi connectivity index (χ4n) is 8.93. The van der Waals surface area contributed by atoms with Crippen LogP contribution in [0.5, 0.6) is 0 Å². The summed E-state index contributed by atoms with van der Waals surface area (Å²) in [6.45, 7) is 21.4. The molecule has 0 bridgehead atoms. The highest BCUT2D eigenvalue weighted by molar-refractivity contribution is 5.37. The Bertz CT molecular complexity index is 974. The first-order chi connectivity index (χ1) is 16.6. The SMILES string of the molecule is CC1CC(C)(C)CC[C@]1(CO)CCC(C)(C)[C@]1(C)CC[C@H]2[C@H](C)c3oncc3C[C@]2(C)/C1=C/[C@H](C)O. The molecule has 2 fully saturated rings. The monoisotopic (exact) mass is 499 g/mol. The van der Waals surface area contributed by atoms with Crippen molar-refractivity contribution >= 4 is 0 Å². The Morgan fingerprint density at radius 1 is 1.17 bits per heavy atom. The lowest BCUT2D eigenvalue weighted by Gasteiger charge is -2.61. The lowest BCUT2D eigenvalue weighted by atomic mass is 9.43. The van der Waals surface area contributed by atoms with E-state index < -0.39 is 6.10 Å². The summed E-state index contributed by atoms with van der Waals surface area (Å²) in [4.78, 5) is 0. The Kier molecular flexibility index (Phi) is 7.17. The molecule has 1 heterocycles. The molecule has 4 nitrogen and oxygen atoms in total. The van der Waals surface area contributed by atoms with Gasteiger partial charge in [-0.3, -0.25) is 0 Å². The number of hydrogen-bond acceptors (Lipinski definition) is 4. The van der Waals surface area contributed by atoms with Gasteiger partial charge < -0.3 is 14.7 Å². The molecular formula is C32H53NO3. The third-order valence-corrected chi connectivity index (χ3v) is 11.9. The Balaban J connectivity index is 1.66. The van der Waals surface area contributed by atoms with E-state index in [1.165, 1.54) is 24.0 Å². The van der Waals surface area contributed by atoms with Crippen LogP contribution in [0.3, 0.4) is 0 Å². The maximum absolute atomic E-state index is 10.7. The highest BCUT2D eigenvalue weighted by Crippen LogP contribution is 2.67. The van der Waals surface area contributed by atoms with Gasteiger partial charge in [-0.2, -0.15) is 0 Å². The molecular weight excluding hydrogens is 446 g/mol. The minimum absolute atomic E-state index is 0.0229. The molecule has 3 aliphatic rings. The summed E-state index contributed by atoms with van der Waals surface area (Å²) in [6, 6.07) is 0. The molecule has 0 spiro atoms. The molecule has 3 aliphatic carbocycles. The van der Waals surface area contributed by atoms with Crippen LogP contribution < -0.4 is 0 Å². The molecule has 0 saturated heterocycles. The summed E-state index contributed by atoms with van der Waals surface area (Å²) in [7, 11) is 0. The third kappa shape index (κ3) is 4.42. The van der Waals surface area contributed by atoms with Gasteiger partial charge in [0.15, 0.2) is 0 Å². The molecule has 1 unspecified atom stereocenters. The molecule has 2 saturated carbocycles. The topological polar surface area (TPSA) is 66.5 Å². The maximum Gasteiger partial charge on any atom is 0.143 e. The zero-order chi connectivity index (χ0) is 26.7. The second-order valence-electron chi connectivity index (χ2n) is 15.1. The quantitative estimate of drug-likeness (QED) is 0.394. The predicted molar refractivity (Wildman–Crippen MR) is 147 cm³/mol. The number of aliphatic hydroxyl groups is 2. The van der Waals surface area contributed by atoms with Crippen molar-refractivity contribution in [3.8, 4) is 0 Å². The average molecular weight is 500 g/mol. The number of hydrogen-bond donors (Lipinski definition) is 2. The Morgan fingerprint density at radius 3 is 2.47 bits per heavy atom. The normalized spacial score (nSPS) is 40.5. The van der Waals surface area contributed by atoms with Crippen molar-refractivity contribution in [3.05, 3.63) is 29.2 Å². The van der Waals surface area contributed by atoms with Crippen LogP contribution >= 0.6 is 0 Å². The van der Waals surface area contributed by atoms with Crippen molar-refractivity contribution in [1.82, 2.24) is 5.16 Å². The summed E-state index contributed by atoms with van der Waals surface area (Å²) >= 11 is 0. The molecule has 36 heavy (non-hydrogen) atoms. The first-order valence-corrected chi connectivity index (χ1v) is 14.6. The second-order valence-corrected chi connectivity index (χ2v) is 15.1. The van der Waals surface area contributed by atoms with E-state index in [1.54, 1.807) is 0 Å². The number of nitrogens with zero attached hydrogens (tertiary/aromatic N) is 1. The van der Waals surface area contributed by atoms with Gasteiger partial charge >= 0.3 is 0 Å². The van der Waals surface area contributed by atoms with Gasteiger partial charge in [0.05, 0.1) is 12.3 Å². The molecule has 2 N–H and O–H groups in total. The van der Waals surface area contributed by atoms with E-state index in [0.29, 0.717) is 29.8 Å². The first-order valence-electron chi connectivity index (χ1n) is 14.6. The number of aromatic nitrogens is 1. The average Bonchev–Trinajstić information content (AvgIpc) is 3.24. The minimum Gasteiger partial charge on any atom is -0.396 e. The lowest BCUT2D eigenvalue weighted by molar-refractivity contribution is -0.0453. The third-order valence-electron chi connectivity index (χ3n) is 11.9. The van der Waals surface area contributed by atoms with E-state index in [2.05, 4.69) is 66.6 Å². The van der Waals surface area contributed by atoms with Crippen molar-refractivity contribution in [1.29, 1.82) is 0 Å². The standard InChI is InChI=1S/C32H53NO3/c1-21-17-28(4,5)12-14-32(21,20-34)15-13-29(6,7)31(9)11-10-25-23(3)27-24(19-33-36-27)18-30(25,8)26(31)16-22(2)35/h16,19,21-23,25,34-35H,10-15,17-18,20H2,1-9H3/b26-16-/t21?,22-,23-,25-,30-,31+,32+/m0/s1. The van der Waals surface area contributed by atoms with Gasteiger partial charge in [-0.15, -0.1) is 0 Å². The molecule has 0 radical (unpaired) electrons. The van der Waals surface area contributed by atoms with Gasteiger partial charge in [-0.1, -0.05) is 72.2 Å². The smallest absolute Gasteiger partial charge is 0.143 e. The number of fused-ring (bicyclic) bond motifs is 2. The fourth-order valence-corrected chi connectivity index (χ4v) is 8.93. The van der Waals surface area contributed by atoms with E-state index >= 15 is 0 Å². The van der Waals surface area contributed by atoms with E-state index in [4.69, 9.17) is 4.52 Å². The van der Waals surface area contributed by atoms with Gasteiger partial charge in [0, 0.05) is 18.1 Å². The zero-order valence-electron chi connectivity index (χ0n) is 24.6. The van der Waals surface area contributed by atoms with Crippen LogP contribution in [0.4, 0.5) is 0 Å². The molecule has 0 amide bonds. The van der Waals surface area contributed by atoms with Gasteiger partial charge in [0.1, 0.15) is 5.76 Å². The zero-order valence-corrected chi connectivity index (χ0v) is 24.6. The van der Waals surface area contributed by atoms with Crippen molar-refractivity contribution in [2.45, 2.75) is 126 Å². The van der Waals surface area contributed by atoms with E-state index in [1.807, 2.05) is 13.1 Å². The van der Waals surface area contributed by atoms with Crippen LogP contribution in [0.1, 0.15) is 125 Å². The van der Waals surface area contributed by atoms with Gasteiger partial charge in [0.25, 0.3) is 0 Å². The predicted octanol–water partition coefficient (Wildman–Crippen LogP) is 7.70. The molecule has 0 aliphatic heterocycles. The van der Waals surface area contributed by atoms with Crippen molar-refractivity contribution in [3.63, 3.8) is 0 Å². The summed E-state index contributed by atoms with van der Waals surface area (Å²) in [5.74, 6) is 2.41. The van der Waals surface area contributed by atoms with E-state index in [9.17, 15) is 10.2 Å². The summed E-state index contributed by atoms with van der Waals surface area (Å²) in [5, 5.41) is 25.5. The fraction of sp³-hybridized carbons (Fsp3) is 0.844. The molecule has 7 atom stereocenters. The van der Waals surface area contributed by atoms with E-state index in [0.717, 1.165) is 44.3 Å². The minimum atomic E-state index is -0.478. The van der Waals surface area contributed by atoms with Crippen LogP contribution in [0.15, 0.2) is 22.4 Å². The highest BCUT2D eigenvalue weighted by Gasteiger charge is 2.58. The van der Waals surface area contributed by atoms with Crippen LogP contribution in [0, 0.1) is 38.9 Å². The summed E-state index contributed by atoms with van der Waals surface area (Å²) in [5.41, 5.74) is 3.04. The molecule has 0 aromatic carbocycles. The van der Waals surface area contributed by atoms with Crippen molar-refractivity contribution < 1.29 is 14.7 Å². The van der Waals surface area contributed by atoms with E-state index in [-0.39, 0.29) is 21.7 Å². The molecule has 204 valence electrons. The Labute approximate surface area is 220 Å². The number of allylic oxidation sites excluding steroid dienone is 1. The number of rotatable bonds is 6. The lowest BCUT2D eigenvalue weighted by Crippen LogP contribution is -2.53. The Hall–Kier alpha value is -1.13. The van der Waals surface area contributed by atoms with Crippen LogP contribution in [0.25, 0.3) is 0 Å². The highest BCUT2D eigenvalue weighted by atomic mass is 16.5. The number of aliphatic hydroxyl groups excluding tert-OH is 2. The van der Waals surface area contributed by atoms with Gasteiger partial charge in [-0.25, -0.2) is 0 Å². The summed E-state index contributed by atoms with van der Waals surface area (Å²) in [6.07, 6.45) is 12.5. The molecule has 4 heteroatoms. The van der Waals surface area contributed by atoms with Crippen molar-refractivity contribution in [2.75, 3.05) is 6.61 Å². The maximum atomic E-state index is 10.7. The largest absolute Gasteiger partial charge is 0.396 e. The van der Waals surface area contributed by atoms with Gasteiger partial charge in [-0.05, 0) is 97.2 Å². The molecule has 4 rings (SSSR count). The molecule has 1 aromatic rings. The van der Waals surface area contributed by atoms with Crippen molar-refractivity contribution in [2.24, 2.45) is 38.9 Å². The summed E-state index contributed by atoms with van der Waals surface area (Å²) < 4.78 is 5.71. The van der Waals surface area contributed by atoms with Crippen LogP contribution in [0.2, 0.25) is 0 Å². The van der Waals surface area contributed by atoms with Crippen LogP contribution in [-0.2, 0) is 6.42 Å². The molecule has 1 aromatic heterocycles. The second kappa shape index (κ2) is 9.26. The Morgan fingerprint density at radius 2 is 1.86 bits per heavy atom. The van der Waals surface area contributed by atoms with Gasteiger partial charge in [0.2, 0.25) is 0 Å².